The van der Waals surface area contributed by atoms with E-state index in [-0.39, 0.29) is 23.8 Å². The number of hydrogen-bond acceptors (Lipinski definition) is 7. The average molecular weight is 464 g/mol. The predicted molar refractivity (Wildman–Crippen MR) is 113 cm³/mol. The van der Waals surface area contributed by atoms with Crippen molar-refractivity contribution in [3.8, 4) is 16.5 Å². The molecular weight excluding hydrogens is 442 g/mol. The van der Waals surface area contributed by atoms with Crippen LogP contribution in [0.25, 0.3) is 10.4 Å². The molecule has 0 aliphatic carbocycles. The molecule has 1 saturated heterocycles. The second-order valence-electron chi connectivity index (χ2n) is 6.67. The van der Waals surface area contributed by atoms with E-state index in [1.807, 2.05) is 0 Å². The highest BCUT2D eigenvalue weighted by atomic mass is 32.2. The third-order valence-electron chi connectivity index (χ3n) is 4.82. The number of sulfonamides is 1. The fourth-order valence-electron chi connectivity index (χ4n) is 3.30. The Balaban J connectivity index is 1.92. The predicted octanol–water partition coefficient (Wildman–Crippen LogP) is 1.20. The molecule has 10 nitrogen and oxygen atoms in total. The maximum atomic E-state index is 13.3. The quantitative estimate of drug-likeness (QED) is 0.449. The molecule has 3 rings (SSSR count). The topological polar surface area (TPSA) is 143 Å². The minimum atomic E-state index is -4.10. The van der Waals surface area contributed by atoms with Gasteiger partial charge in [-0.25, -0.2) is 18.7 Å². The number of nitriles is 1. The van der Waals surface area contributed by atoms with E-state index < -0.39 is 28.0 Å². The van der Waals surface area contributed by atoms with E-state index in [9.17, 15) is 23.3 Å². The Morgan fingerprint density at radius 2 is 2.00 bits per heavy atom. The molecule has 1 aromatic carbocycles. The van der Waals surface area contributed by atoms with Crippen LogP contribution in [0.1, 0.15) is 12.5 Å². The molecule has 1 aliphatic rings. The third-order valence-corrected chi connectivity index (χ3v) is 8.31. The molecule has 0 saturated carbocycles. The van der Waals surface area contributed by atoms with Gasteiger partial charge >= 0.3 is 6.03 Å². The van der Waals surface area contributed by atoms with Gasteiger partial charge in [-0.15, -0.1) is 11.3 Å². The van der Waals surface area contributed by atoms with Crippen molar-refractivity contribution in [1.82, 2.24) is 20.0 Å². The molecule has 12 heteroatoms. The van der Waals surface area contributed by atoms with Crippen LogP contribution < -0.4 is 10.8 Å². The first-order chi connectivity index (χ1) is 14.8. The molecule has 164 valence electrons. The van der Waals surface area contributed by atoms with E-state index in [2.05, 4.69) is 11.4 Å². The molecule has 3 N–H and O–H groups in total. The van der Waals surface area contributed by atoms with Crippen molar-refractivity contribution >= 4 is 33.3 Å². The summed E-state index contributed by atoms with van der Waals surface area (Å²) in [5.41, 5.74) is 2.52. The molecule has 3 amide bonds. The molecular formula is C19H21N5O5S2. The van der Waals surface area contributed by atoms with Gasteiger partial charge in [-0.3, -0.25) is 10.0 Å². The Bertz CT molecular complexity index is 1120. The molecule has 0 spiro atoms. The van der Waals surface area contributed by atoms with E-state index in [0.29, 0.717) is 22.5 Å². The first kappa shape index (κ1) is 22.7. The zero-order valence-corrected chi connectivity index (χ0v) is 18.2. The smallest absolute Gasteiger partial charge is 0.317 e. The third kappa shape index (κ3) is 4.54. The number of thiophene rings is 1. The van der Waals surface area contributed by atoms with Crippen molar-refractivity contribution in [1.29, 1.82) is 5.26 Å². The number of carbonyl (C=O) groups is 2. The molecule has 0 unspecified atom stereocenters. The van der Waals surface area contributed by atoms with Crippen LogP contribution in [-0.4, -0.2) is 67.0 Å². The summed E-state index contributed by atoms with van der Waals surface area (Å²) in [4.78, 5) is 26.3. The van der Waals surface area contributed by atoms with Crippen molar-refractivity contribution in [3.05, 3.63) is 42.0 Å². The highest BCUT2D eigenvalue weighted by Crippen LogP contribution is 2.35. The van der Waals surface area contributed by atoms with E-state index in [4.69, 9.17) is 5.21 Å². The summed E-state index contributed by atoms with van der Waals surface area (Å²) in [6.45, 7) is 1.91. The fourth-order valence-corrected chi connectivity index (χ4v) is 6.35. The number of rotatable bonds is 5. The summed E-state index contributed by atoms with van der Waals surface area (Å²) in [7, 11) is -4.10. The lowest BCUT2D eigenvalue weighted by Gasteiger charge is -2.38. The molecule has 1 atom stereocenters. The van der Waals surface area contributed by atoms with Gasteiger partial charge in [-0.1, -0.05) is 18.2 Å². The molecule has 31 heavy (non-hydrogen) atoms. The van der Waals surface area contributed by atoms with Crippen molar-refractivity contribution in [2.24, 2.45) is 0 Å². The van der Waals surface area contributed by atoms with Gasteiger partial charge in [-0.05, 0) is 25.1 Å². The highest BCUT2D eigenvalue weighted by molar-refractivity contribution is 7.91. The lowest BCUT2D eigenvalue weighted by molar-refractivity contribution is -0.134. The number of piperazine rings is 1. The van der Waals surface area contributed by atoms with Crippen molar-refractivity contribution in [3.63, 3.8) is 0 Å². The average Bonchev–Trinajstić information content (AvgIpc) is 3.29. The van der Waals surface area contributed by atoms with Gasteiger partial charge in [-0.2, -0.15) is 9.57 Å². The Kier molecular flexibility index (Phi) is 6.91. The van der Waals surface area contributed by atoms with Gasteiger partial charge in [0.15, 0.2) is 0 Å². The standard InChI is InChI=1S/C19H21N5O5S2/c1-2-21-19(26)23-9-10-24(15(12-23)18(25)22-27)31(28,29)17-8-7-16(30-17)14-6-4-3-5-13(14)11-20/h3-8,15,27H,2,9-10,12H2,1H3,(H,21,26)(H,22,25)/t15-/m1/s1. The molecule has 0 radical (unpaired) electrons. The van der Waals surface area contributed by atoms with Gasteiger partial charge in [0.2, 0.25) is 0 Å². The van der Waals surface area contributed by atoms with Crippen LogP contribution in [0.4, 0.5) is 4.79 Å². The lowest BCUT2D eigenvalue weighted by atomic mass is 10.1. The number of urea groups is 1. The van der Waals surface area contributed by atoms with Crippen LogP contribution in [0.3, 0.4) is 0 Å². The van der Waals surface area contributed by atoms with Gasteiger partial charge in [0.1, 0.15) is 10.3 Å². The zero-order chi connectivity index (χ0) is 22.6. The number of hydrogen-bond donors (Lipinski definition) is 3. The minimum absolute atomic E-state index is 0.00237. The van der Waals surface area contributed by atoms with Gasteiger partial charge in [0.05, 0.1) is 11.6 Å². The second-order valence-corrected chi connectivity index (χ2v) is 9.87. The van der Waals surface area contributed by atoms with Gasteiger partial charge < -0.3 is 10.2 Å². The molecule has 1 fully saturated rings. The maximum Gasteiger partial charge on any atom is 0.317 e. The van der Waals surface area contributed by atoms with E-state index >= 15 is 0 Å². The normalized spacial score (nSPS) is 17.1. The van der Waals surface area contributed by atoms with Gasteiger partial charge in [0.25, 0.3) is 15.9 Å². The largest absolute Gasteiger partial charge is 0.338 e. The number of nitrogens with zero attached hydrogens (tertiary/aromatic N) is 3. The van der Waals surface area contributed by atoms with Crippen LogP contribution >= 0.6 is 11.3 Å². The van der Waals surface area contributed by atoms with Crippen molar-refractivity contribution in [2.45, 2.75) is 17.2 Å². The van der Waals surface area contributed by atoms with Crippen molar-refractivity contribution < 1.29 is 23.2 Å². The number of amides is 3. The van der Waals surface area contributed by atoms with Crippen LogP contribution in [-0.2, 0) is 14.8 Å². The summed E-state index contributed by atoms with van der Waals surface area (Å²) >= 11 is 0.985. The first-order valence-corrected chi connectivity index (χ1v) is 11.7. The van der Waals surface area contributed by atoms with Crippen molar-refractivity contribution in [2.75, 3.05) is 26.2 Å². The van der Waals surface area contributed by atoms with Crippen LogP contribution in [0, 0.1) is 11.3 Å². The van der Waals surface area contributed by atoms with Gasteiger partial charge in [0, 0.05) is 36.6 Å². The van der Waals surface area contributed by atoms with E-state index in [1.54, 1.807) is 37.3 Å². The fraction of sp³-hybridized carbons (Fsp3) is 0.316. The molecule has 2 heterocycles. The molecule has 0 bridgehead atoms. The lowest BCUT2D eigenvalue weighted by Crippen LogP contribution is -2.62. The van der Waals surface area contributed by atoms with E-state index in [0.717, 1.165) is 15.6 Å². The summed E-state index contributed by atoms with van der Waals surface area (Å²) in [6.07, 6.45) is 0. The summed E-state index contributed by atoms with van der Waals surface area (Å²) in [5, 5.41) is 21.0. The monoisotopic (exact) mass is 463 g/mol. The Hall–Kier alpha value is -2.98. The SMILES string of the molecule is CCNC(=O)N1CCN(S(=O)(=O)c2ccc(-c3ccccc3C#N)s2)[C@@H](C(=O)NO)C1. The van der Waals surface area contributed by atoms with Crippen LogP contribution in [0.5, 0.6) is 0 Å². The van der Waals surface area contributed by atoms with Crippen LogP contribution in [0.15, 0.2) is 40.6 Å². The highest BCUT2D eigenvalue weighted by Gasteiger charge is 2.42. The maximum absolute atomic E-state index is 13.3. The zero-order valence-electron chi connectivity index (χ0n) is 16.6. The number of nitrogens with one attached hydrogen (secondary N) is 2. The molecule has 1 aliphatic heterocycles. The first-order valence-electron chi connectivity index (χ1n) is 9.41. The Morgan fingerprint density at radius 3 is 2.68 bits per heavy atom. The van der Waals surface area contributed by atoms with E-state index in [1.165, 1.54) is 16.4 Å². The summed E-state index contributed by atoms with van der Waals surface area (Å²) in [5.74, 6) is -0.927. The minimum Gasteiger partial charge on any atom is -0.338 e. The molecule has 2 aromatic rings. The Morgan fingerprint density at radius 1 is 1.26 bits per heavy atom. The number of benzene rings is 1. The summed E-state index contributed by atoms with van der Waals surface area (Å²) in [6, 6.07) is 10.3. The Labute approximate surface area is 183 Å². The number of hydroxylamine groups is 1. The second kappa shape index (κ2) is 9.44. The molecule has 1 aromatic heterocycles. The number of carbonyl (C=O) groups excluding carboxylic acids is 2. The van der Waals surface area contributed by atoms with Crippen LogP contribution in [0.2, 0.25) is 0 Å². The summed E-state index contributed by atoms with van der Waals surface area (Å²) < 4.78 is 27.6.